The van der Waals surface area contributed by atoms with E-state index in [0.717, 1.165) is 10.0 Å². The molecule has 0 aromatic heterocycles. The van der Waals surface area contributed by atoms with E-state index >= 15 is 0 Å². The van der Waals surface area contributed by atoms with Gasteiger partial charge in [0.25, 0.3) is 17.7 Å². The fourth-order valence-corrected chi connectivity index (χ4v) is 8.14. The van der Waals surface area contributed by atoms with E-state index in [1.165, 1.54) is 24.3 Å². The summed E-state index contributed by atoms with van der Waals surface area (Å²) in [6.07, 6.45) is 0. The molecule has 1 saturated heterocycles. The number of rotatable bonds is 4. The molecule has 36 heavy (non-hydrogen) atoms. The third-order valence-corrected chi connectivity index (χ3v) is 11.5. The Morgan fingerprint density at radius 2 is 1.17 bits per heavy atom. The van der Waals surface area contributed by atoms with Crippen molar-refractivity contribution in [3.8, 4) is 0 Å². The molecule has 0 unspecified atom stereocenters. The van der Waals surface area contributed by atoms with Crippen LogP contribution in [0.5, 0.6) is 0 Å². The summed E-state index contributed by atoms with van der Waals surface area (Å²) < 4.78 is -2.08. The molecule has 3 aliphatic rings. The van der Waals surface area contributed by atoms with Gasteiger partial charge in [0.05, 0.1) is 28.4 Å². The van der Waals surface area contributed by atoms with Crippen LogP contribution < -0.4 is 0 Å². The number of hydrogen-bond donors (Lipinski definition) is 0. The Kier molecular flexibility index (Phi) is 6.54. The third-order valence-electron chi connectivity index (χ3n) is 6.70. The highest BCUT2D eigenvalue weighted by Crippen LogP contribution is 2.77. The van der Waals surface area contributed by atoms with Crippen LogP contribution in [-0.4, -0.2) is 41.8 Å². The fraction of sp³-hybridized carbons (Fsp3) is 0.261. The lowest BCUT2D eigenvalue weighted by Crippen LogP contribution is -2.55. The van der Waals surface area contributed by atoms with Crippen LogP contribution in [0.2, 0.25) is 10.0 Å². The second kappa shape index (κ2) is 8.82. The summed E-state index contributed by atoms with van der Waals surface area (Å²) >= 11 is 51.4. The average Bonchev–Trinajstić information content (AvgIpc) is 3.22. The molecule has 0 N–H and O–H groups in total. The van der Waals surface area contributed by atoms with Crippen LogP contribution in [0.3, 0.4) is 0 Å². The maximum Gasteiger partial charge on any atom is 0.273 e. The van der Waals surface area contributed by atoms with E-state index in [9.17, 15) is 14.4 Å². The minimum absolute atomic E-state index is 0.165. The Balaban J connectivity index is 1.61. The number of carbonyl (C=O) groups excluding carboxylic acids is 3. The smallest absolute Gasteiger partial charge is 0.272 e. The summed E-state index contributed by atoms with van der Waals surface area (Å²) in [6.45, 7) is -0.165. The molecule has 1 aliphatic heterocycles. The largest absolute Gasteiger partial charge is 0.273 e. The van der Waals surface area contributed by atoms with Crippen LogP contribution >= 0.6 is 92.8 Å². The summed E-state index contributed by atoms with van der Waals surface area (Å²) in [5.41, 5.74) is 0.759. The molecule has 188 valence electrons. The van der Waals surface area contributed by atoms with E-state index in [1.54, 1.807) is 24.3 Å². The van der Waals surface area contributed by atoms with Crippen LogP contribution in [0.15, 0.2) is 58.6 Å². The number of nitrogens with zero attached hydrogens (tertiary/aromatic N) is 2. The molecule has 0 radical (unpaired) electrons. The summed E-state index contributed by atoms with van der Waals surface area (Å²) in [5, 5.41) is 2.16. The lowest BCUT2D eigenvalue weighted by atomic mass is 9.84. The number of imide groups is 1. The maximum absolute atomic E-state index is 13.8. The van der Waals surface area contributed by atoms with Crippen molar-refractivity contribution >= 4 is 111 Å². The molecule has 1 saturated carbocycles. The zero-order chi connectivity index (χ0) is 26.4. The first-order valence-electron chi connectivity index (χ1n) is 10.3. The van der Waals surface area contributed by atoms with E-state index < -0.39 is 43.6 Å². The monoisotopic (exact) mass is 644 g/mol. The van der Waals surface area contributed by atoms with Gasteiger partial charge in [-0.2, -0.15) is 5.01 Å². The summed E-state index contributed by atoms with van der Waals surface area (Å²) in [4.78, 5) is 37.3. The van der Waals surface area contributed by atoms with Gasteiger partial charge in [-0.05, 0) is 42.0 Å². The van der Waals surface area contributed by atoms with Gasteiger partial charge < -0.3 is 0 Å². The molecule has 4 atom stereocenters. The standard InChI is InChI=1S/C23H12Cl8N2O3/c24-12-5-1-10(2-6-12)9-32(18(34)11-3-7-13(25)8-4-11)33-19(35)14-15(20(33)36)22(29)17(27)16(26)21(14,28)23(22,30)31/h1-8,14-15H,9H2/t14-,15-,21+,22+/m0/s1. The van der Waals surface area contributed by atoms with Crippen LogP contribution in [-0.2, 0) is 16.1 Å². The van der Waals surface area contributed by atoms with Gasteiger partial charge in [0.2, 0.25) is 0 Å². The van der Waals surface area contributed by atoms with Crippen molar-refractivity contribution in [2.24, 2.45) is 11.8 Å². The lowest BCUT2D eigenvalue weighted by Gasteiger charge is -2.37. The number of allylic oxidation sites excluding steroid dienone is 2. The fourth-order valence-electron chi connectivity index (χ4n) is 4.96. The molecule has 2 aliphatic carbocycles. The van der Waals surface area contributed by atoms with Gasteiger partial charge in [-0.3, -0.25) is 14.4 Å². The molecule has 2 aromatic rings. The Labute approximate surface area is 245 Å². The lowest BCUT2D eigenvalue weighted by molar-refractivity contribution is -0.156. The molecule has 2 aromatic carbocycles. The van der Waals surface area contributed by atoms with Gasteiger partial charge in [-0.15, -0.1) is 23.2 Å². The van der Waals surface area contributed by atoms with Gasteiger partial charge in [0.15, 0.2) is 4.33 Å². The van der Waals surface area contributed by atoms with Crippen molar-refractivity contribution in [3.05, 3.63) is 79.8 Å². The van der Waals surface area contributed by atoms with Gasteiger partial charge in [-0.25, -0.2) is 5.01 Å². The second-order valence-corrected chi connectivity index (χ2v) is 12.7. The predicted molar refractivity (Wildman–Crippen MR) is 142 cm³/mol. The highest BCUT2D eigenvalue weighted by atomic mass is 35.5. The van der Waals surface area contributed by atoms with Crippen LogP contribution in [0.25, 0.3) is 0 Å². The van der Waals surface area contributed by atoms with E-state index in [-0.39, 0.29) is 22.2 Å². The minimum Gasteiger partial charge on any atom is -0.272 e. The number of hydrogen-bond acceptors (Lipinski definition) is 3. The SMILES string of the molecule is O=C(c1ccc(Cl)cc1)N(Cc1ccc(Cl)cc1)N1C(=O)[C@@H]2[C@@H](C1=O)[C@@]1(Cl)C(Cl)=C(Cl)[C@@]2(Cl)C1(Cl)Cl. The number of alkyl halides is 4. The van der Waals surface area contributed by atoms with Crippen LogP contribution in [0.1, 0.15) is 15.9 Å². The van der Waals surface area contributed by atoms with Gasteiger partial charge in [0.1, 0.15) is 9.75 Å². The first-order chi connectivity index (χ1) is 16.8. The molecular weight excluding hydrogens is 636 g/mol. The summed E-state index contributed by atoms with van der Waals surface area (Å²) in [6, 6.07) is 12.5. The Morgan fingerprint density at radius 3 is 1.61 bits per heavy atom. The number of halogens is 8. The molecule has 1 heterocycles. The third kappa shape index (κ3) is 3.34. The predicted octanol–water partition coefficient (Wildman–Crippen LogP) is 7.00. The number of benzene rings is 2. The molecule has 13 heteroatoms. The first kappa shape index (κ1) is 26.7. The molecule has 5 nitrogen and oxygen atoms in total. The average molecular weight is 648 g/mol. The molecular formula is C23H12Cl8N2O3. The highest BCUT2D eigenvalue weighted by Gasteiger charge is 2.88. The molecule has 3 amide bonds. The van der Waals surface area contributed by atoms with E-state index in [2.05, 4.69) is 0 Å². The van der Waals surface area contributed by atoms with Crippen molar-refractivity contribution in [2.45, 2.75) is 20.6 Å². The Bertz CT molecular complexity index is 1300. The van der Waals surface area contributed by atoms with E-state index in [4.69, 9.17) is 92.8 Å². The van der Waals surface area contributed by atoms with Crippen molar-refractivity contribution in [2.75, 3.05) is 0 Å². The Morgan fingerprint density at radius 1 is 0.750 bits per heavy atom. The number of hydrazine groups is 1. The summed E-state index contributed by atoms with van der Waals surface area (Å²) in [7, 11) is 0. The maximum atomic E-state index is 13.8. The van der Waals surface area contributed by atoms with Crippen molar-refractivity contribution in [1.29, 1.82) is 0 Å². The zero-order valence-corrected chi connectivity index (χ0v) is 23.7. The molecule has 0 spiro atoms. The molecule has 2 bridgehead atoms. The van der Waals surface area contributed by atoms with Crippen molar-refractivity contribution in [3.63, 3.8) is 0 Å². The second-order valence-electron chi connectivity index (χ2n) is 8.57. The quantitative estimate of drug-likeness (QED) is 0.265. The molecule has 5 rings (SSSR count). The summed E-state index contributed by atoms with van der Waals surface area (Å²) in [5.74, 6) is -5.09. The number of fused-ring (bicyclic) bond motifs is 5. The van der Waals surface area contributed by atoms with E-state index in [0.29, 0.717) is 15.6 Å². The van der Waals surface area contributed by atoms with Crippen LogP contribution in [0.4, 0.5) is 0 Å². The van der Waals surface area contributed by atoms with Crippen molar-refractivity contribution < 1.29 is 14.4 Å². The van der Waals surface area contributed by atoms with Gasteiger partial charge in [0, 0.05) is 15.6 Å². The topological polar surface area (TPSA) is 57.7 Å². The molecule has 2 fully saturated rings. The van der Waals surface area contributed by atoms with Gasteiger partial charge in [-0.1, -0.05) is 81.7 Å². The first-order valence-corrected chi connectivity index (χ1v) is 13.3. The van der Waals surface area contributed by atoms with Gasteiger partial charge >= 0.3 is 0 Å². The number of amides is 3. The number of carbonyl (C=O) groups is 3. The van der Waals surface area contributed by atoms with Crippen molar-refractivity contribution in [1.82, 2.24) is 10.0 Å². The minimum atomic E-state index is -2.08. The Hall–Kier alpha value is -0.890. The highest BCUT2D eigenvalue weighted by molar-refractivity contribution is 6.66. The normalized spacial score (nSPS) is 30.3. The van der Waals surface area contributed by atoms with Crippen LogP contribution in [0, 0.1) is 11.8 Å². The zero-order valence-electron chi connectivity index (χ0n) is 17.6. The van der Waals surface area contributed by atoms with E-state index in [1.807, 2.05) is 0 Å².